The maximum atomic E-state index is 12.9. The number of ether oxygens (including phenoxy) is 2. The summed E-state index contributed by atoms with van der Waals surface area (Å²) in [6.45, 7) is 6.99. The molecule has 0 saturated carbocycles. The van der Waals surface area contributed by atoms with Crippen LogP contribution in [0.5, 0.6) is 5.75 Å². The summed E-state index contributed by atoms with van der Waals surface area (Å²) in [5.41, 5.74) is 8.92. The largest absolute Gasteiger partial charge is 0.492 e. The molecule has 180 valence electrons. The van der Waals surface area contributed by atoms with Crippen LogP contribution in [0.2, 0.25) is 0 Å². The summed E-state index contributed by atoms with van der Waals surface area (Å²) in [5, 5.41) is 4.00. The monoisotopic (exact) mass is 489 g/mol. The highest BCUT2D eigenvalue weighted by atomic mass is 32.1. The molecule has 1 saturated heterocycles. The second kappa shape index (κ2) is 10.4. The Kier molecular flexibility index (Phi) is 6.89. The molecule has 35 heavy (non-hydrogen) atoms. The number of carbonyl (C=O) groups excluding carboxylic acids is 1. The van der Waals surface area contributed by atoms with Gasteiger partial charge in [-0.15, -0.1) is 11.3 Å². The lowest BCUT2D eigenvalue weighted by Gasteiger charge is -2.26. The molecule has 3 N–H and O–H groups in total. The van der Waals surface area contributed by atoms with Crippen molar-refractivity contribution in [1.82, 2.24) is 14.9 Å². The number of nitrogens with two attached hydrogens (primary N) is 1. The summed E-state index contributed by atoms with van der Waals surface area (Å²) < 4.78 is 12.3. The number of fused-ring (bicyclic) bond motifs is 1. The molecule has 3 heterocycles. The van der Waals surface area contributed by atoms with Crippen LogP contribution in [-0.2, 0) is 4.74 Å². The summed E-state index contributed by atoms with van der Waals surface area (Å²) in [6, 6.07) is 15.0. The van der Waals surface area contributed by atoms with Crippen LogP contribution < -0.4 is 15.8 Å². The maximum Gasteiger partial charge on any atom is 0.255 e. The fraction of sp³-hybridized carbons (Fsp3) is 0.269. The molecular weight excluding hydrogens is 462 g/mol. The third-order valence-electron chi connectivity index (χ3n) is 6.00. The van der Waals surface area contributed by atoms with Crippen LogP contribution in [-0.4, -0.2) is 60.2 Å². The lowest BCUT2D eigenvalue weighted by molar-refractivity contribution is 0.0322. The van der Waals surface area contributed by atoms with Crippen molar-refractivity contribution in [1.29, 1.82) is 0 Å². The first-order chi connectivity index (χ1) is 17.1. The Morgan fingerprint density at radius 1 is 1.17 bits per heavy atom. The third kappa shape index (κ3) is 5.43. The first kappa shape index (κ1) is 23.2. The van der Waals surface area contributed by atoms with Gasteiger partial charge in [-0.1, -0.05) is 0 Å². The molecule has 5 rings (SSSR count). The van der Waals surface area contributed by atoms with E-state index in [2.05, 4.69) is 20.2 Å². The molecule has 0 bridgehead atoms. The van der Waals surface area contributed by atoms with Gasteiger partial charge in [0.05, 0.1) is 23.8 Å². The minimum absolute atomic E-state index is 0.161. The van der Waals surface area contributed by atoms with Crippen LogP contribution in [0.4, 0.5) is 11.6 Å². The Bertz CT molecular complexity index is 1330. The van der Waals surface area contributed by atoms with Crippen LogP contribution in [0, 0.1) is 6.92 Å². The predicted octanol–water partition coefficient (Wildman–Crippen LogP) is 4.21. The van der Waals surface area contributed by atoms with Gasteiger partial charge in [0.1, 0.15) is 12.4 Å². The zero-order valence-electron chi connectivity index (χ0n) is 19.5. The number of hydrogen-bond acceptors (Lipinski definition) is 8. The van der Waals surface area contributed by atoms with Crippen molar-refractivity contribution in [2.45, 2.75) is 6.92 Å². The molecular formula is C26H27N5O3S. The van der Waals surface area contributed by atoms with Gasteiger partial charge in [-0.05, 0) is 66.4 Å². The van der Waals surface area contributed by atoms with E-state index < -0.39 is 0 Å². The highest BCUT2D eigenvalue weighted by molar-refractivity contribution is 7.22. The molecule has 1 aliphatic rings. The van der Waals surface area contributed by atoms with E-state index in [4.69, 9.17) is 15.2 Å². The average Bonchev–Trinajstić information content (AvgIpc) is 3.21. The smallest absolute Gasteiger partial charge is 0.255 e. The van der Waals surface area contributed by atoms with Crippen LogP contribution in [0.1, 0.15) is 15.9 Å². The van der Waals surface area contributed by atoms with Crippen molar-refractivity contribution < 1.29 is 14.3 Å². The van der Waals surface area contributed by atoms with Crippen molar-refractivity contribution in [2.24, 2.45) is 0 Å². The average molecular weight is 490 g/mol. The fourth-order valence-corrected chi connectivity index (χ4v) is 5.22. The second-order valence-electron chi connectivity index (χ2n) is 8.35. The third-order valence-corrected chi connectivity index (χ3v) is 7.29. The van der Waals surface area contributed by atoms with Gasteiger partial charge in [0.25, 0.3) is 5.91 Å². The minimum atomic E-state index is -0.161. The topological polar surface area (TPSA) is 103 Å². The van der Waals surface area contributed by atoms with E-state index in [1.807, 2.05) is 55.5 Å². The summed E-state index contributed by atoms with van der Waals surface area (Å²) >= 11 is 1.63. The first-order valence-electron chi connectivity index (χ1n) is 11.5. The van der Waals surface area contributed by atoms with Crippen LogP contribution >= 0.6 is 11.3 Å². The Hall–Kier alpha value is -3.53. The van der Waals surface area contributed by atoms with Crippen molar-refractivity contribution in [3.8, 4) is 16.3 Å². The molecule has 1 fully saturated rings. The number of benzene rings is 2. The number of morpholine rings is 1. The second-order valence-corrected chi connectivity index (χ2v) is 9.40. The SMILES string of the molecule is Cc1c(-c2ccnc(N)n2)sc2ccc(C(=O)Nc3ccc(OCCN4CCOCC4)cc3)cc12. The molecule has 2 aromatic heterocycles. The molecule has 0 spiro atoms. The lowest BCUT2D eigenvalue weighted by Crippen LogP contribution is -2.38. The van der Waals surface area contributed by atoms with Gasteiger partial charge in [0, 0.05) is 41.8 Å². The Balaban J connectivity index is 1.23. The highest BCUT2D eigenvalue weighted by Gasteiger charge is 2.15. The number of hydrogen-bond donors (Lipinski definition) is 2. The summed E-state index contributed by atoms with van der Waals surface area (Å²) in [4.78, 5) is 24.6. The maximum absolute atomic E-state index is 12.9. The first-order valence-corrected chi connectivity index (χ1v) is 12.3. The van der Waals surface area contributed by atoms with E-state index >= 15 is 0 Å². The number of thiophene rings is 1. The lowest BCUT2D eigenvalue weighted by atomic mass is 10.1. The molecule has 2 aromatic carbocycles. The molecule has 0 unspecified atom stereocenters. The number of carbonyl (C=O) groups is 1. The number of amides is 1. The summed E-state index contributed by atoms with van der Waals surface area (Å²) in [5.74, 6) is 0.865. The molecule has 0 radical (unpaired) electrons. The van der Waals surface area contributed by atoms with Crippen LogP contribution in [0.25, 0.3) is 20.7 Å². The number of nitrogens with one attached hydrogen (secondary N) is 1. The van der Waals surface area contributed by atoms with Gasteiger partial charge in [-0.3, -0.25) is 9.69 Å². The Labute approximate surface area is 207 Å². The van der Waals surface area contributed by atoms with Crippen LogP contribution in [0.3, 0.4) is 0 Å². The number of rotatable bonds is 7. The minimum Gasteiger partial charge on any atom is -0.492 e. The van der Waals surface area contributed by atoms with Gasteiger partial charge in [-0.25, -0.2) is 9.97 Å². The van der Waals surface area contributed by atoms with Gasteiger partial charge >= 0.3 is 0 Å². The number of nitrogen functional groups attached to an aromatic ring is 1. The van der Waals surface area contributed by atoms with E-state index in [-0.39, 0.29) is 11.9 Å². The number of nitrogens with zero attached hydrogens (tertiary/aromatic N) is 3. The van der Waals surface area contributed by atoms with Crippen LogP contribution in [0.15, 0.2) is 54.7 Å². The van der Waals surface area contributed by atoms with E-state index in [9.17, 15) is 4.79 Å². The van der Waals surface area contributed by atoms with Gasteiger partial charge in [0.15, 0.2) is 0 Å². The van der Waals surface area contributed by atoms with E-state index in [1.54, 1.807) is 17.5 Å². The summed E-state index contributed by atoms with van der Waals surface area (Å²) in [6.07, 6.45) is 1.65. The Morgan fingerprint density at radius 3 is 2.74 bits per heavy atom. The zero-order chi connectivity index (χ0) is 24.2. The molecule has 0 atom stereocenters. The van der Waals surface area contributed by atoms with Crippen molar-refractivity contribution in [3.05, 3.63) is 65.9 Å². The van der Waals surface area contributed by atoms with Crippen molar-refractivity contribution >= 4 is 39.0 Å². The number of aryl methyl sites for hydroxylation is 1. The highest BCUT2D eigenvalue weighted by Crippen LogP contribution is 2.37. The quantitative estimate of drug-likeness (QED) is 0.401. The summed E-state index contributed by atoms with van der Waals surface area (Å²) in [7, 11) is 0. The van der Waals surface area contributed by atoms with E-state index in [1.165, 1.54) is 0 Å². The molecule has 1 aliphatic heterocycles. The van der Waals surface area contributed by atoms with E-state index in [0.717, 1.165) is 70.5 Å². The zero-order valence-corrected chi connectivity index (χ0v) is 20.3. The molecule has 0 aliphatic carbocycles. The number of aromatic nitrogens is 2. The van der Waals surface area contributed by atoms with Crippen molar-refractivity contribution in [3.63, 3.8) is 0 Å². The van der Waals surface area contributed by atoms with Gasteiger partial charge in [0.2, 0.25) is 5.95 Å². The van der Waals surface area contributed by atoms with E-state index in [0.29, 0.717) is 12.2 Å². The molecule has 4 aromatic rings. The van der Waals surface area contributed by atoms with Crippen molar-refractivity contribution in [2.75, 3.05) is 50.5 Å². The standard InChI is InChI=1S/C26H27N5O3S/c1-17-21-16-18(2-7-23(21)35-24(17)22-8-9-28-26(27)30-22)25(32)29-19-3-5-20(6-4-19)34-15-12-31-10-13-33-14-11-31/h2-9,16H,10-15H2,1H3,(H,29,32)(H2,27,28,30). The normalized spacial score (nSPS) is 14.2. The Morgan fingerprint density at radius 2 is 1.97 bits per heavy atom. The molecule has 8 nitrogen and oxygen atoms in total. The fourth-order valence-electron chi connectivity index (χ4n) is 4.06. The molecule has 9 heteroatoms. The van der Waals surface area contributed by atoms with Gasteiger partial charge in [-0.2, -0.15) is 0 Å². The molecule has 1 amide bonds. The number of anilines is 2. The predicted molar refractivity (Wildman–Crippen MR) is 139 cm³/mol. The van der Waals surface area contributed by atoms with Gasteiger partial charge < -0.3 is 20.5 Å².